The van der Waals surface area contributed by atoms with Crippen molar-refractivity contribution in [1.29, 1.82) is 5.26 Å². The molecule has 164 valence electrons. The molecule has 31 heavy (non-hydrogen) atoms. The molecule has 2 unspecified atom stereocenters. The smallest absolute Gasteiger partial charge is 0.366 e. The van der Waals surface area contributed by atoms with Crippen molar-refractivity contribution in [2.75, 3.05) is 0 Å². The molecular weight excluding hydrogens is 420 g/mol. The van der Waals surface area contributed by atoms with Crippen LogP contribution in [-0.4, -0.2) is 51.6 Å². The molecule has 4 amide bonds. The van der Waals surface area contributed by atoms with Gasteiger partial charge in [0.15, 0.2) is 0 Å². The van der Waals surface area contributed by atoms with E-state index in [4.69, 9.17) is 11.0 Å². The molecular formula is C20H18F4N4O3. The number of nitriles is 1. The third-order valence-corrected chi connectivity index (χ3v) is 5.42. The summed E-state index contributed by atoms with van der Waals surface area (Å²) in [4.78, 5) is 39.1. The van der Waals surface area contributed by atoms with Crippen LogP contribution in [0.25, 0.3) is 0 Å². The molecule has 1 aliphatic heterocycles. The highest BCUT2D eigenvalue weighted by atomic mass is 19.4. The molecule has 11 heteroatoms. The quantitative estimate of drug-likeness (QED) is 0.540. The Balaban J connectivity index is 2.00. The summed E-state index contributed by atoms with van der Waals surface area (Å²) in [6.45, 7) is 2.78. The summed E-state index contributed by atoms with van der Waals surface area (Å²) in [7, 11) is 0. The highest BCUT2D eigenvalue weighted by molar-refractivity contribution is 6.08. The Morgan fingerprint density at radius 1 is 1.29 bits per heavy atom. The zero-order valence-electron chi connectivity index (χ0n) is 16.5. The molecule has 3 aliphatic rings. The van der Waals surface area contributed by atoms with Crippen LogP contribution in [0.5, 0.6) is 0 Å². The van der Waals surface area contributed by atoms with Crippen molar-refractivity contribution >= 4 is 17.8 Å². The summed E-state index contributed by atoms with van der Waals surface area (Å²) >= 11 is 0. The van der Waals surface area contributed by atoms with Gasteiger partial charge >= 0.3 is 12.2 Å². The van der Waals surface area contributed by atoms with E-state index >= 15 is 0 Å². The zero-order chi connectivity index (χ0) is 23.3. The first-order valence-electron chi connectivity index (χ1n) is 9.22. The predicted octanol–water partition coefficient (Wildman–Crippen LogP) is 2.78. The summed E-state index contributed by atoms with van der Waals surface area (Å²) in [5, 5.41) is 8.96. The number of allylic oxidation sites excluding steroid dienone is 5. The molecule has 7 nitrogen and oxygen atoms in total. The van der Waals surface area contributed by atoms with Gasteiger partial charge in [-0.25, -0.2) is 9.18 Å². The number of carbonyl (C=O) groups is 3. The Morgan fingerprint density at radius 3 is 2.45 bits per heavy atom. The third kappa shape index (κ3) is 3.62. The van der Waals surface area contributed by atoms with Gasteiger partial charge in [-0.15, -0.1) is 0 Å². The fourth-order valence-electron chi connectivity index (χ4n) is 3.88. The molecule has 1 heterocycles. The predicted molar refractivity (Wildman–Crippen MR) is 99.3 cm³/mol. The van der Waals surface area contributed by atoms with Gasteiger partial charge in [0.1, 0.15) is 11.7 Å². The fraction of sp³-hybridized carbons (Fsp3) is 0.400. The van der Waals surface area contributed by atoms with Crippen LogP contribution < -0.4 is 5.73 Å². The number of hydrogen-bond donors (Lipinski definition) is 1. The van der Waals surface area contributed by atoms with Crippen LogP contribution in [0, 0.1) is 11.3 Å². The minimum absolute atomic E-state index is 0.0902. The van der Waals surface area contributed by atoms with Crippen LogP contribution in [0.1, 0.15) is 26.7 Å². The number of carbonyl (C=O) groups excluding carboxylic acids is 3. The van der Waals surface area contributed by atoms with Crippen LogP contribution >= 0.6 is 0 Å². The second-order valence-electron chi connectivity index (χ2n) is 7.78. The molecule has 0 radical (unpaired) electrons. The van der Waals surface area contributed by atoms with Crippen molar-refractivity contribution in [2.45, 2.75) is 50.6 Å². The maximum atomic E-state index is 14.4. The van der Waals surface area contributed by atoms with Gasteiger partial charge < -0.3 is 5.73 Å². The molecule has 1 saturated heterocycles. The molecule has 2 aliphatic carbocycles. The van der Waals surface area contributed by atoms with Gasteiger partial charge in [0.05, 0.1) is 28.8 Å². The second kappa shape index (κ2) is 7.37. The molecule has 0 aromatic rings. The SMILES string of the molecule is CC1(C)C(=O)N(C2C=C(C(F)(F)F)C(C#N)=CC2)C(=O)N1C1=CC=C(C(N)=O)C(F)C1. The van der Waals surface area contributed by atoms with Crippen molar-refractivity contribution in [3.63, 3.8) is 0 Å². The fourth-order valence-corrected chi connectivity index (χ4v) is 3.88. The summed E-state index contributed by atoms with van der Waals surface area (Å²) < 4.78 is 54.4. The van der Waals surface area contributed by atoms with Crippen molar-refractivity contribution < 1.29 is 31.9 Å². The Bertz CT molecular complexity index is 1030. The van der Waals surface area contributed by atoms with Gasteiger partial charge in [0.2, 0.25) is 5.91 Å². The number of imide groups is 1. The van der Waals surface area contributed by atoms with Gasteiger partial charge in [0, 0.05) is 12.1 Å². The molecule has 2 N–H and O–H groups in total. The molecule has 2 atom stereocenters. The zero-order valence-corrected chi connectivity index (χ0v) is 16.5. The molecule has 0 spiro atoms. The van der Waals surface area contributed by atoms with Crippen LogP contribution in [0.4, 0.5) is 22.4 Å². The lowest BCUT2D eigenvalue weighted by molar-refractivity contribution is -0.132. The van der Waals surface area contributed by atoms with E-state index in [9.17, 15) is 31.9 Å². The van der Waals surface area contributed by atoms with Crippen LogP contribution in [0.2, 0.25) is 0 Å². The van der Waals surface area contributed by atoms with Crippen LogP contribution in [0.3, 0.4) is 0 Å². The number of nitrogens with zero attached hydrogens (tertiary/aromatic N) is 3. The molecule has 1 fully saturated rings. The Kier molecular flexibility index (Phi) is 5.29. The lowest BCUT2D eigenvalue weighted by Gasteiger charge is -2.32. The Labute approximate surface area is 174 Å². The van der Waals surface area contributed by atoms with E-state index in [1.165, 1.54) is 26.0 Å². The topological polar surface area (TPSA) is 108 Å². The number of nitrogens with two attached hydrogens (primary N) is 1. The average Bonchev–Trinajstić information content (AvgIpc) is 2.84. The molecule has 0 aromatic carbocycles. The highest BCUT2D eigenvalue weighted by Gasteiger charge is 2.55. The highest BCUT2D eigenvalue weighted by Crippen LogP contribution is 2.40. The monoisotopic (exact) mass is 438 g/mol. The van der Waals surface area contributed by atoms with Crippen LogP contribution in [-0.2, 0) is 9.59 Å². The first-order valence-corrected chi connectivity index (χ1v) is 9.22. The summed E-state index contributed by atoms with van der Waals surface area (Å²) in [6.07, 6.45) is -3.08. The van der Waals surface area contributed by atoms with Crippen molar-refractivity contribution in [2.24, 2.45) is 5.73 Å². The average molecular weight is 438 g/mol. The van der Waals surface area contributed by atoms with Crippen molar-refractivity contribution in [1.82, 2.24) is 9.80 Å². The van der Waals surface area contributed by atoms with E-state index in [0.29, 0.717) is 11.0 Å². The maximum absolute atomic E-state index is 14.4. The summed E-state index contributed by atoms with van der Waals surface area (Å²) in [5.41, 5.74) is 1.59. The van der Waals surface area contributed by atoms with Gasteiger partial charge in [-0.1, -0.05) is 6.08 Å². The summed E-state index contributed by atoms with van der Waals surface area (Å²) in [6, 6.07) is -0.712. The number of alkyl halides is 4. The van der Waals surface area contributed by atoms with E-state index in [-0.39, 0.29) is 17.7 Å². The lowest BCUT2D eigenvalue weighted by atomic mass is 9.93. The van der Waals surface area contributed by atoms with E-state index in [1.54, 1.807) is 0 Å². The molecule has 0 saturated carbocycles. The minimum atomic E-state index is -4.84. The lowest BCUT2D eigenvalue weighted by Crippen LogP contribution is -2.45. The third-order valence-electron chi connectivity index (χ3n) is 5.42. The standard InChI is InChI=1S/C20H18F4N4O3/c1-19(2)17(30)27(11-4-3-10(9-25)14(7-11)20(22,23)24)18(31)28(19)12-5-6-13(16(26)29)15(21)8-12/h3,5-7,11,15H,4,8H2,1-2H3,(H2,26,29). The first-order chi connectivity index (χ1) is 14.3. The molecule has 0 bridgehead atoms. The second-order valence-corrected chi connectivity index (χ2v) is 7.78. The maximum Gasteiger partial charge on any atom is 0.417 e. The number of halogens is 4. The minimum Gasteiger partial charge on any atom is -0.366 e. The number of primary amides is 1. The summed E-state index contributed by atoms with van der Waals surface area (Å²) in [5.74, 6) is -1.73. The molecule has 3 rings (SSSR count). The Hall–Kier alpha value is -3.42. The largest absolute Gasteiger partial charge is 0.417 e. The van der Waals surface area contributed by atoms with Gasteiger partial charge in [-0.05, 0) is 38.5 Å². The number of rotatable bonds is 3. The first kappa shape index (κ1) is 22.3. The van der Waals surface area contributed by atoms with Gasteiger partial charge in [-0.2, -0.15) is 18.4 Å². The van der Waals surface area contributed by atoms with Crippen molar-refractivity contribution in [3.8, 4) is 6.07 Å². The van der Waals surface area contributed by atoms with Crippen LogP contribution in [0.15, 0.2) is 46.7 Å². The van der Waals surface area contributed by atoms with E-state index < -0.39 is 59.3 Å². The number of amides is 4. The number of hydrogen-bond acceptors (Lipinski definition) is 4. The van der Waals surface area contributed by atoms with E-state index in [2.05, 4.69) is 0 Å². The van der Waals surface area contributed by atoms with Crippen molar-refractivity contribution in [3.05, 3.63) is 46.7 Å². The van der Waals surface area contributed by atoms with Gasteiger partial charge in [-0.3, -0.25) is 19.4 Å². The van der Waals surface area contributed by atoms with E-state index in [1.807, 2.05) is 0 Å². The number of urea groups is 1. The van der Waals surface area contributed by atoms with Gasteiger partial charge in [0.25, 0.3) is 5.91 Å². The van der Waals surface area contributed by atoms with E-state index in [0.717, 1.165) is 17.1 Å². The normalized spacial score (nSPS) is 26.1. The Morgan fingerprint density at radius 2 is 1.94 bits per heavy atom. The molecule has 0 aromatic heterocycles.